The average molecular weight is 282 g/mol. The number of ether oxygens (including phenoxy) is 1. The number of amides is 1. The molecular weight excluding hydrogens is 273 g/mol. The largest absolute Gasteiger partial charge is 0.417 e. The summed E-state index contributed by atoms with van der Waals surface area (Å²) in [5, 5.41) is 3.34. The third kappa shape index (κ3) is 3.39. The minimum absolute atomic E-state index is 0.220. The van der Waals surface area contributed by atoms with Gasteiger partial charge in [0.25, 0.3) is 0 Å². The van der Waals surface area contributed by atoms with E-state index in [-0.39, 0.29) is 5.75 Å². The van der Waals surface area contributed by atoms with Crippen LogP contribution in [-0.4, -0.2) is 6.09 Å². The molecular formula is C13H9Cl2NO2. The van der Waals surface area contributed by atoms with Gasteiger partial charge in [-0.15, -0.1) is 0 Å². The number of benzene rings is 2. The molecule has 3 nitrogen and oxygen atoms in total. The molecule has 92 valence electrons. The molecule has 0 aliphatic rings. The SMILES string of the molecule is O=C(Nc1ccccc1)Oc1cc(Cl)ccc1Cl. The Kier molecular flexibility index (Phi) is 4.07. The Labute approximate surface area is 114 Å². The predicted octanol–water partition coefficient (Wildman–Crippen LogP) is 4.60. The van der Waals surface area contributed by atoms with Crippen molar-refractivity contribution in [2.45, 2.75) is 0 Å². The third-order valence-electron chi connectivity index (χ3n) is 2.12. The lowest BCUT2D eigenvalue weighted by Crippen LogP contribution is -2.16. The van der Waals surface area contributed by atoms with Crippen LogP contribution >= 0.6 is 23.2 Å². The van der Waals surface area contributed by atoms with E-state index in [9.17, 15) is 4.79 Å². The van der Waals surface area contributed by atoms with Crippen molar-refractivity contribution >= 4 is 35.0 Å². The van der Waals surface area contributed by atoms with E-state index in [1.807, 2.05) is 18.2 Å². The minimum Gasteiger partial charge on any atom is -0.408 e. The molecule has 2 aromatic carbocycles. The van der Waals surface area contributed by atoms with Crippen LogP contribution in [0, 0.1) is 0 Å². The smallest absolute Gasteiger partial charge is 0.408 e. The third-order valence-corrected chi connectivity index (χ3v) is 2.66. The zero-order valence-corrected chi connectivity index (χ0v) is 10.7. The highest BCUT2D eigenvalue weighted by Crippen LogP contribution is 2.27. The molecule has 0 aliphatic heterocycles. The van der Waals surface area contributed by atoms with Crippen LogP contribution in [0.25, 0.3) is 0 Å². The van der Waals surface area contributed by atoms with Crippen molar-refractivity contribution in [1.82, 2.24) is 0 Å². The molecule has 0 fully saturated rings. The summed E-state index contributed by atoms with van der Waals surface area (Å²) in [5.74, 6) is 0.220. The Balaban J connectivity index is 2.05. The van der Waals surface area contributed by atoms with Crippen molar-refractivity contribution in [2.24, 2.45) is 0 Å². The summed E-state index contributed by atoms with van der Waals surface area (Å²) in [7, 11) is 0. The maximum Gasteiger partial charge on any atom is 0.417 e. The quantitative estimate of drug-likeness (QED) is 0.873. The highest BCUT2D eigenvalue weighted by atomic mass is 35.5. The van der Waals surface area contributed by atoms with E-state index < -0.39 is 6.09 Å². The van der Waals surface area contributed by atoms with Gasteiger partial charge in [0.15, 0.2) is 5.75 Å². The van der Waals surface area contributed by atoms with Gasteiger partial charge in [-0.05, 0) is 24.3 Å². The number of carbonyl (C=O) groups excluding carboxylic acids is 1. The Hall–Kier alpha value is -1.71. The van der Waals surface area contributed by atoms with Crippen LogP contribution in [0.1, 0.15) is 0 Å². The van der Waals surface area contributed by atoms with Crippen molar-refractivity contribution in [3.63, 3.8) is 0 Å². The van der Waals surface area contributed by atoms with Crippen molar-refractivity contribution in [2.75, 3.05) is 5.32 Å². The lowest BCUT2D eigenvalue weighted by atomic mass is 10.3. The van der Waals surface area contributed by atoms with Gasteiger partial charge in [-0.1, -0.05) is 41.4 Å². The molecule has 18 heavy (non-hydrogen) atoms. The second kappa shape index (κ2) is 5.76. The predicted molar refractivity (Wildman–Crippen MR) is 72.6 cm³/mol. The fraction of sp³-hybridized carbons (Fsp3) is 0. The summed E-state index contributed by atoms with van der Waals surface area (Å²) >= 11 is 11.7. The molecule has 0 saturated heterocycles. The maximum absolute atomic E-state index is 11.6. The van der Waals surface area contributed by atoms with Gasteiger partial charge in [-0.25, -0.2) is 4.79 Å². The van der Waals surface area contributed by atoms with Gasteiger partial charge in [0.05, 0.1) is 5.02 Å². The topological polar surface area (TPSA) is 38.3 Å². The second-order valence-electron chi connectivity index (χ2n) is 3.46. The molecule has 0 aromatic heterocycles. The van der Waals surface area contributed by atoms with Crippen LogP contribution in [-0.2, 0) is 0 Å². The Morgan fingerprint density at radius 3 is 2.50 bits per heavy atom. The molecule has 0 saturated carbocycles. The Morgan fingerprint density at radius 2 is 1.78 bits per heavy atom. The average Bonchev–Trinajstić information content (AvgIpc) is 2.35. The summed E-state index contributed by atoms with van der Waals surface area (Å²) in [6.45, 7) is 0. The Morgan fingerprint density at radius 1 is 1.06 bits per heavy atom. The van der Waals surface area contributed by atoms with Crippen LogP contribution in [0.2, 0.25) is 10.0 Å². The van der Waals surface area contributed by atoms with Gasteiger partial charge < -0.3 is 4.74 Å². The highest BCUT2D eigenvalue weighted by molar-refractivity contribution is 6.34. The van der Waals surface area contributed by atoms with E-state index in [0.29, 0.717) is 15.7 Å². The van der Waals surface area contributed by atoms with E-state index in [1.54, 1.807) is 24.3 Å². The molecule has 2 rings (SSSR count). The lowest BCUT2D eigenvalue weighted by molar-refractivity contribution is 0.215. The van der Waals surface area contributed by atoms with Gasteiger partial charge >= 0.3 is 6.09 Å². The summed E-state index contributed by atoms with van der Waals surface area (Å²) in [6, 6.07) is 13.6. The van der Waals surface area contributed by atoms with E-state index in [0.717, 1.165) is 0 Å². The molecule has 0 heterocycles. The van der Waals surface area contributed by atoms with Crippen molar-refractivity contribution < 1.29 is 9.53 Å². The molecule has 0 spiro atoms. The molecule has 0 atom stereocenters. The van der Waals surface area contributed by atoms with Crippen LogP contribution in [0.4, 0.5) is 10.5 Å². The number of halogens is 2. The number of para-hydroxylation sites is 1. The number of anilines is 1. The summed E-state index contributed by atoms with van der Waals surface area (Å²) < 4.78 is 5.06. The van der Waals surface area contributed by atoms with Crippen LogP contribution in [0.3, 0.4) is 0 Å². The molecule has 0 unspecified atom stereocenters. The van der Waals surface area contributed by atoms with Gasteiger partial charge in [0, 0.05) is 16.8 Å². The molecule has 0 radical (unpaired) electrons. The van der Waals surface area contributed by atoms with Gasteiger partial charge in [-0.2, -0.15) is 0 Å². The Bertz CT molecular complexity index is 558. The first-order valence-electron chi connectivity index (χ1n) is 5.14. The molecule has 1 amide bonds. The number of hydrogen-bond acceptors (Lipinski definition) is 2. The number of nitrogens with one attached hydrogen (secondary N) is 1. The van der Waals surface area contributed by atoms with Crippen LogP contribution in [0.5, 0.6) is 5.75 Å². The molecule has 0 bridgehead atoms. The van der Waals surface area contributed by atoms with Gasteiger partial charge in [-0.3, -0.25) is 5.32 Å². The first kappa shape index (κ1) is 12.7. The van der Waals surface area contributed by atoms with E-state index >= 15 is 0 Å². The van der Waals surface area contributed by atoms with E-state index in [1.165, 1.54) is 6.07 Å². The zero-order valence-electron chi connectivity index (χ0n) is 9.19. The van der Waals surface area contributed by atoms with Gasteiger partial charge in [0.1, 0.15) is 0 Å². The standard InChI is InChI=1S/C13H9Cl2NO2/c14-9-6-7-11(15)12(8-9)18-13(17)16-10-4-2-1-3-5-10/h1-8H,(H,16,17). The molecule has 2 aromatic rings. The van der Waals surface area contributed by atoms with Crippen LogP contribution < -0.4 is 10.1 Å². The van der Waals surface area contributed by atoms with Crippen molar-refractivity contribution in [1.29, 1.82) is 0 Å². The fourth-order valence-corrected chi connectivity index (χ4v) is 1.64. The fourth-order valence-electron chi connectivity index (χ4n) is 1.32. The summed E-state index contributed by atoms with van der Waals surface area (Å²) in [4.78, 5) is 11.6. The number of carbonyl (C=O) groups is 1. The first-order chi connectivity index (χ1) is 8.65. The van der Waals surface area contributed by atoms with Gasteiger partial charge in [0.2, 0.25) is 0 Å². The maximum atomic E-state index is 11.6. The molecule has 5 heteroatoms. The second-order valence-corrected chi connectivity index (χ2v) is 4.30. The van der Waals surface area contributed by atoms with Crippen molar-refractivity contribution in [3.8, 4) is 5.75 Å². The lowest BCUT2D eigenvalue weighted by Gasteiger charge is -2.08. The first-order valence-corrected chi connectivity index (χ1v) is 5.89. The minimum atomic E-state index is -0.620. The number of rotatable bonds is 2. The van der Waals surface area contributed by atoms with E-state index in [2.05, 4.69) is 5.32 Å². The van der Waals surface area contributed by atoms with Crippen LogP contribution in [0.15, 0.2) is 48.5 Å². The van der Waals surface area contributed by atoms with Crippen molar-refractivity contribution in [3.05, 3.63) is 58.6 Å². The normalized spacial score (nSPS) is 9.89. The number of hydrogen-bond donors (Lipinski definition) is 1. The monoisotopic (exact) mass is 281 g/mol. The summed E-state index contributed by atoms with van der Waals surface area (Å²) in [6.07, 6.45) is -0.620. The molecule has 1 N–H and O–H groups in total. The zero-order chi connectivity index (χ0) is 13.0. The molecule has 0 aliphatic carbocycles. The van der Waals surface area contributed by atoms with E-state index in [4.69, 9.17) is 27.9 Å². The summed E-state index contributed by atoms with van der Waals surface area (Å²) in [5.41, 5.74) is 0.639. The highest BCUT2D eigenvalue weighted by Gasteiger charge is 2.08.